The Morgan fingerprint density at radius 1 is 1.56 bits per heavy atom. The second kappa shape index (κ2) is 6.63. The zero-order chi connectivity index (χ0) is 18.2. The van der Waals surface area contributed by atoms with Crippen LogP contribution in [-0.2, 0) is 22.6 Å². The highest BCUT2D eigenvalue weighted by atomic mass is 16.4. The first-order valence-corrected chi connectivity index (χ1v) is 8.74. The molecule has 25 heavy (non-hydrogen) atoms. The maximum atomic E-state index is 12.6. The van der Waals surface area contributed by atoms with Crippen LogP contribution in [0.25, 0.3) is 0 Å². The fourth-order valence-electron chi connectivity index (χ4n) is 4.09. The van der Waals surface area contributed by atoms with Gasteiger partial charge in [0.25, 0.3) is 0 Å². The van der Waals surface area contributed by atoms with Gasteiger partial charge in [-0.15, -0.1) is 6.58 Å². The van der Waals surface area contributed by atoms with E-state index in [9.17, 15) is 14.7 Å². The van der Waals surface area contributed by atoms with Gasteiger partial charge >= 0.3 is 5.97 Å². The van der Waals surface area contributed by atoms with Crippen LogP contribution >= 0.6 is 0 Å². The minimum absolute atomic E-state index is 0.0742. The lowest BCUT2D eigenvalue weighted by Crippen LogP contribution is -2.40. The molecule has 1 amide bonds. The first-order chi connectivity index (χ1) is 11.9. The summed E-state index contributed by atoms with van der Waals surface area (Å²) in [7, 11) is 0. The average Bonchev–Trinajstić information content (AvgIpc) is 3.17. The van der Waals surface area contributed by atoms with Crippen molar-refractivity contribution in [2.75, 3.05) is 26.2 Å². The summed E-state index contributed by atoms with van der Waals surface area (Å²) in [5.41, 5.74) is 0.970. The van der Waals surface area contributed by atoms with Gasteiger partial charge in [-0.3, -0.25) is 19.6 Å². The third kappa shape index (κ3) is 3.20. The topological polar surface area (TPSA) is 89.5 Å². The lowest BCUT2D eigenvalue weighted by atomic mass is 9.81. The summed E-state index contributed by atoms with van der Waals surface area (Å²) < 4.78 is 0. The average molecular weight is 346 g/mol. The van der Waals surface area contributed by atoms with Gasteiger partial charge in [0.1, 0.15) is 5.41 Å². The molecular weight excluding hydrogens is 320 g/mol. The van der Waals surface area contributed by atoms with E-state index in [4.69, 9.17) is 0 Å². The fourth-order valence-corrected chi connectivity index (χ4v) is 4.09. The number of carbonyl (C=O) groups excluding carboxylic acids is 1. The summed E-state index contributed by atoms with van der Waals surface area (Å²) in [5, 5.41) is 17.2. The summed E-state index contributed by atoms with van der Waals surface area (Å²) in [4.78, 5) is 28.2. The number of hydrogen-bond donors (Lipinski definition) is 2. The second-order valence-corrected chi connectivity index (χ2v) is 7.67. The molecule has 0 aliphatic carbocycles. The number of aliphatic carboxylic acids is 1. The molecule has 2 aliphatic rings. The third-order valence-corrected chi connectivity index (χ3v) is 5.17. The van der Waals surface area contributed by atoms with Crippen LogP contribution in [0, 0.1) is 17.3 Å². The first-order valence-electron chi connectivity index (χ1n) is 8.74. The van der Waals surface area contributed by atoms with E-state index in [1.165, 1.54) is 0 Å². The summed E-state index contributed by atoms with van der Waals surface area (Å²) in [5.74, 6) is -0.908. The van der Waals surface area contributed by atoms with E-state index in [0.717, 1.165) is 17.8 Å². The molecule has 7 nitrogen and oxygen atoms in total. The molecule has 2 N–H and O–H groups in total. The van der Waals surface area contributed by atoms with E-state index in [1.807, 2.05) is 6.07 Å². The molecule has 0 aromatic carbocycles. The van der Waals surface area contributed by atoms with E-state index in [2.05, 4.69) is 35.5 Å². The number of nitrogens with zero attached hydrogens (tertiary/aromatic N) is 3. The number of carbonyl (C=O) groups is 2. The van der Waals surface area contributed by atoms with Gasteiger partial charge in [-0.05, 0) is 18.4 Å². The molecule has 3 heterocycles. The quantitative estimate of drug-likeness (QED) is 0.723. The molecule has 136 valence electrons. The van der Waals surface area contributed by atoms with Crippen LogP contribution in [0.2, 0.25) is 0 Å². The van der Waals surface area contributed by atoms with Gasteiger partial charge in [0.2, 0.25) is 5.91 Å². The van der Waals surface area contributed by atoms with Crippen LogP contribution in [-0.4, -0.2) is 63.2 Å². The van der Waals surface area contributed by atoms with E-state index in [0.29, 0.717) is 32.1 Å². The van der Waals surface area contributed by atoms with Crippen LogP contribution in [0.1, 0.15) is 25.2 Å². The highest BCUT2D eigenvalue weighted by Gasteiger charge is 2.61. The molecule has 0 unspecified atom stereocenters. The van der Waals surface area contributed by atoms with E-state index < -0.39 is 17.3 Å². The smallest absolute Gasteiger partial charge is 0.313 e. The predicted molar refractivity (Wildman–Crippen MR) is 92.7 cm³/mol. The number of rotatable bonds is 7. The summed E-state index contributed by atoms with van der Waals surface area (Å²) in [6.45, 7) is 10.0. The summed E-state index contributed by atoms with van der Waals surface area (Å²) in [6.07, 6.45) is 2.56. The Hall–Kier alpha value is -2.15. The SMILES string of the molecule is C=CCN1C[C@@]2(C(=O)O)CN(Cc3cc(CC(C)C)n[nH]3)C[C@H]2C1=O. The monoisotopic (exact) mass is 346 g/mol. The van der Waals surface area contributed by atoms with Gasteiger partial charge in [-0.1, -0.05) is 19.9 Å². The zero-order valence-electron chi connectivity index (χ0n) is 14.9. The van der Waals surface area contributed by atoms with Crippen molar-refractivity contribution in [3.05, 3.63) is 30.1 Å². The number of nitrogens with one attached hydrogen (secondary N) is 1. The number of aromatic nitrogens is 2. The highest BCUT2D eigenvalue weighted by Crippen LogP contribution is 2.44. The van der Waals surface area contributed by atoms with Crippen molar-refractivity contribution in [2.45, 2.75) is 26.8 Å². The van der Waals surface area contributed by atoms with Crippen molar-refractivity contribution in [1.82, 2.24) is 20.0 Å². The van der Waals surface area contributed by atoms with Crippen molar-refractivity contribution in [3.63, 3.8) is 0 Å². The largest absolute Gasteiger partial charge is 0.481 e. The lowest BCUT2D eigenvalue weighted by Gasteiger charge is -2.24. The van der Waals surface area contributed by atoms with Crippen molar-refractivity contribution in [2.24, 2.45) is 17.3 Å². The van der Waals surface area contributed by atoms with Crippen LogP contribution in [0.3, 0.4) is 0 Å². The summed E-state index contributed by atoms with van der Waals surface area (Å²) in [6, 6.07) is 2.04. The van der Waals surface area contributed by atoms with E-state index >= 15 is 0 Å². The Morgan fingerprint density at radius 2 is 2.32 bits per heavy atom. The molecule has 0 saturated carbocycles. The normalized spacial score (nSPS) is 26.4. The maximum Gasteiger partial charge on any atom is 0.313 e. The summed E-state index contributed by atoms with van der Waals surface area (Å²) >= 11 is 0. The number of aromatic amines is 1. The Bertz CT molecular complexity index is 684. The Morgan fingerprint density at radius 3 is 2.92 bits per heavy atom. The number of amides is 1. The molecule has 2 aliphatic heterocycles. The number of hydrogen-bond acceptors (Lipinski definition) is 4. The molecule has 2 fully saturated rings. The fraction of sp³-hybridized carbons (Fsp3) is 0.611. The Balaban J connectivity index is 1.71. The van der Waals surface area contributed by atoms with Gasteiger partial charge < -0.3 is 10.0 Å². The highest BCUT2D eigenvalue weighted by molar-refractivity contribution is 5.92. The van der Waals surface area contributed by atoms with Gasteiger partial charge in [0.15, 0.2) is 0 Å². The Kier molecular flexibility index (Phi) is 4.69. The standard InChI is InChI=1S/C18H26N4O3/c1-4-5-22-11-18(17(24)25)10-21(9-15(18)16(22)23)8-14-7-13(19-20-14)6-12(2)3/h4,7,12,15H,1,5-6,8-11H2,2-3H3,(H,19,20)(H,24,25)/t15-,18-/m0/s1. The third-order valence-electron chi connectivity index (χ3n) is 5.17. The molecule has 7 heteroatoms. The number of fused-ring (bicyclic) bond motifs is 1. The van der Waals surface area contributed by atoms with Gasteiger partial charge in [0.05, 0.1) is 11.6 Å². The van der Waals surface area contributed by atoms with Gasteiger partial charge in [-0.2, -0.15) is 5.10 Å². The van der Waals surface area contributed by atoms with Gasteiger partial charge in [-0.25, -0.2) is 0 Å². The van der Waals surface area contributed by atoms with Crippen molar-refractivity contribution >= 4 is 11.9 Å². The minimum Gasteiger partial charge on any atom is -0.481 e. The minimum atomic E-state index is -1.01. The molecule has 0 spiro atoms. The number of H-pyrrole nitrogens is 1. The molecule has 1 aromatic rings. The molecule has 2 saturated heterocycles. The van der Waals surface area contributed by atoms with Crippen molar-refractivity contribution in [1.29, 1.82) is 0 Å². The van der Waals surface area contributed by atoms with Crippen LogP contribution in [0.15, 0.2) is 18.7 Å². The van der Waals surface area contributed by atoms with Crippen molar-refractivity contribution in [3.8, 4) is 0 Å². The lowest BCUT2D eigenvalue weighted by molar-refractivity contribution is -0.149. The molecule has 1 aromatic heterocycles. The molecule has 0 bridgehead atoms. The molecule has 0 radical (unpaired) electrons. The number of carboxylic acid groups (broad SMARTS) is 1. The first kappa shape index (κ1) is 17.7. The number of likely N-dealkylation sites (tertiary alicyclic amines) is 2. The Labute approximate surface area is 147 Å². The molecule has 3 rings (SSSR count). The second-order valence-electron chi connectivity index (χ2n) is 7.67. The van der Waals surface area contributed by atoms with Gasteiger partial charge in [0, 0.05) is 38.4 Å². The van der Waals surface area contributed by atoms with E-state index in [1.54, 1.807) is 11.0 Å². The number of carboxylic acids is 1. The predicted octanol–water partition coefficient (Wildman–Crippen LogP) is 1.14. The zero-order valence-corrected chi connectivity index (χ0v) is 14.9. The van der Waals surface area contributed by atoms with E-state index in [-0.39, 0.29) is 12.5 Å². The maximum absolute atomic E-state index is 12.6. The van der Waals surface area contributed by atoms with Crippen LogP contribution < -0.4 is 0 Å². The van der Waals surface area contributed by atoms with Crippen LogP contribution in [0.4, 0.5) is 0 Å². The van der Waals surface area contributed by atoms with Crippen molar-refractivity contribution < 1.29 is 14.7 Å². The van der Waals surface area contributed by atoms with Crippen LogP contribution in [0.5, 0.6) is 0 Å². The molecule has 2 atom stereocenters. The molecular formula is C18H26N4O3.